The summed E-state index contributed by atoms with van der Waals surface area (Å²) < 4.78 is 17.1. The Kier molecular flexibility index (Phi) is 7.28. The van der Waals surface area contributed by atoms with E-state index in [2.05, 4.69) is 15.7 Å². The molecule has 0 fully saturated rings. The quantitative estimate of drug-likeness (QED) is 0.447. The van der Waals surface area contributed by atoms with Crippen LogP contribution in [0.3, 0.4) is 0 Å². The van der Waals surface area contributed by atoms with Crippen molar-refractivity contribution in [2.45, 2.75) is 19.6 Å². The lowest BCUT2D eigenvalue weighted by Gasteiger charge is -2.13. The molecule has 1 atom stereocenters. The summed E-state index contributed by atoms with van der Waals surface area (Å²) in [6, 6.07) is 8.59. The van der Waals surface area contributed by atoms with E-state index < -0.39 is 6.10 Å². The lowest BCUT2D eigenvalue weighted by atomic mass is 10.2. The first kappa shape index (κ1) is 21.9. The fourth-order valence-corrected chi connectivity index (χ4v) is 2.71. The highest BCUT2D eigenvalue weighted by molar-refractivity contribution is 6.04. The molecule has 10 heteroatoms. The van der Waals surface area contributed by atoms with Crippen LogP contribution in [0.25, 0.3) is 0 Å². The van der Waals surface area contributed by atoms with Crippen LogP contribution in [0.4, 0.5) is 5.69 Å². The number of rotatable bonds is 10. The summed E-state index contributed by atoms with van der Waals surface area (Å²) in [6.45, 7) is 1.66. The SMILES string of the molecule is COc1cccc(OC[C@H](O)CNC(=O)Cn2cc(NC(=O)c3ccoc3C)cn2)c1. The van der Waals surface area contributed by atoms with Crippen molar-refractivity contribution in [3.63, 3.8) is 0 Å². The topological polar surface area (TPSA) is 128 Å². The van der Waals surface area contributed by atoms with Crippen molar-refractivity contribution in [3.05, 3.63) is 60.3 Å². The van der Waals surface area contributed by atoms with Crippen molar-refractivity contribution >= 4 is 17.5 Å². The Morgan fingerprint density at radius 2 is 2.10 bits per heavy atom. The minimum absolute atomic E-state index is 0.0127. The molecule has 0 aliphatic rings. The Morgan fingerprint density at radius 1 is 1.29 bits per heavy atom. The molecular formula is C21H24N4O6. The zero-order valence-corrected chi connectivity index (χ0v) is 17.2. The molecule has 2 aromatic heterocycles. The molecule has 0 radical (unpaired) electrons. The molecule has 0 saturated heterocycles. The molecular weight excluding hydrogens is 404 g/mol. The van der Waals surface area contributed by atoms with E-state index in [1.54, 1.807) is 44.4 Å². The van der Waals surface area contributed by atoms with E-state index in [9.17, 15) is 14.7 Å². The molecule has 3 rings (SSSR count). The summed E-state index contributed by atoms with van der Waals surface area (Å²) >= 11 is 0. The first-order valence-corrected chi connectivity index (χ1v) is 9.54. The van der Waals surface area contributed by atoms with Gasteiger partial charge in [0.1, 0.15) is 36.5 Å². The molecule has 31 heavy (non-hydrogen) atoms. The van der Waals surface area contributed by atoms with Crippen LogP contribution >= 0.6 is 0 Å². The molecule has 0 unspecified atom stereocenters. The monoisotopic (exact) mass is 428 g/mol. The molecule has 0 aliphatic carbocycles. The number of hydrogen-bond donors (Lipinski definition) is 3. The van der Waals surface area contributed by atoms with Crippen LogP contribution < -0.4 is 20.1 Å². The summed E-state index contributed by atoms with van der Waals surface area (Å²) in [7, 11) is 1.56. The second kappa shape index (κ2) is 10.3. The maximum atomic E-state index is 12.2. The van der Waals surface area contributed by atoms with E-state index in [0.29, 0.717) is 28.5 Å². The first-order valence-electron chi connectivity index (χ1n) is 9.54. The number of ether oxygens (including phenoxy) is 2. The number of aryl methyl sites for hydroxylation is 1. The third-order valence-corrected chi connectivity index (χ3v) is 4.32. The maximum Gasteiger partial charge on any atom is 0.259 e. The molecule has 0 bridgehead atoms. The van der Waals surface area contributed by atoms with Gasteiger partial charge in [-0.05, 0) is 25.1 Å². The predicted octanol–water partition coefficient (Wildman–Crippen LogP) is 1.60. The first-order chi connectivity index (χ1) is 14.9. The number of aromatic nitrogens is 2. The van der Waals surface area contributed by atoms with Gasteiger partial charge >= 0.3 is 0 Å². The molecule has 2 heterocycles. The molecule has 2 amide bonds. The number of nitrogens with zero attached hydrogens (tertiary/aromatic N) is 2. The highest BCUT2D eigenvalue weighted by Gasteiger charge is 2.13. The van der Waals surface area contributed by atoms with Gasteiger partial charge in [0.2, 0.25) is 5.91 Å². The van der Waals surface area contributed by atoms with E-state index in [0.717, 1.165) is 0 Å². The smallest absolute Gasteiger partial charge is 0.259 e. The summed E-state index contributed by atoms with van der Waals surface area (Å²) in [5, 5.41) is 19.4. The fourth-order valence-electron chi connectivity index (χ4n) is 2.71. The number of anilines is 1. The van der Waals surface area contributed by atoms with Gasteiger partial charge in [-0.15, -0.1) is 0 Å². The van der Waals surface area contributed by atoms with Crippen LogP contribution in [0.5, 0.6) is 11.5 Å². The number of hydrogen-bond acceptors (Lipinski definition) is 7. The van der Waals surface area contributed by atoms with Crippen molar-refractivity contribution in [2.24, 2.45) is 0 Å². The Bertz CT molecular complexity index is 1030. The Balaban J connectivity index is 1.40. The number of aliphatic hydroxyl groups is 1. The van der Waals surface area contributed by atoms with Crippen molar-refractivity contribution in [3.8, 4) is 11.5 Å². The third-order valence-electron chi connectivity index (χ3n) is 4.32. The number of methoxy groups -OCH3 is 1. The number of furan rings is 1. The van der Waals surface area contributed by atoms with E-state index in [1.807, 2.05) is 0 Å². The van der Waals surface area contributed by atoms with Crippen LogP contribution in [-0.2, 0) is 11.3 Å². The molecule has 0 spiro atoms. The highest BCUT2D eigenvalue weighted by Crippen LogP contribution is 2.18. The third kappa shape index (κ3) is 6.34. The van der Waals surface area contributed by atoms with Gasteiger partial charge in [0.25, 0.3) is 5.91 Å². The van der Waals surface area contributed by atoms with Crippen molar-refractivity contribution < 1.29 is 28.6 Å². The number of benzene rings is 1. The standard InChI is InChI=1S/C21H24N4O6/c1-14-19(6-7-30-14)21(28)24-15-9-23-25(11-15)12-20(27)22-10-16(26)13-31-18-5-3-4-17(8-18)29-2/h3-9,11,16,26H,10,12-13H2,1-2H3,(H,22,27)(H,24,28)/t16-/m1/s1. The summed E-state index contributed by atoms with van der Waals surface area (Å²) in [5.74, 6) is 1.05. The van der Waals surface area contributed by atoms with Crippen molar-refractivity contribution in [1.29, 1.82) is 0 Å². The van der Waals surface area contributed by atoms with Crippen LogP contribution in [0.15, 0.2) is 53.4 Å². The van der Waals surface area contributed by atoms with Gasteiger partial charge in [-0.1, -0.05) is 6.07 Å². The predicted molar refractivity (Wildman–Crippen MR) is 111 cm³/mol. The number of nitrogens with one attached hydrogen (secondary N) is 2. The maximum absolute atomic E-state index is 12.2. The van der Waals surface area contributed by atoms with Gasteiger partial charge in [-0.25, -0.2) is 0 Å². The molecule has 3 N–H and O–H groups in total. The van der Waals surface area contributed by atoms with E-state index >= 15 is 0 Å². The fraction of sp³-hybridized carbons (Fsp3) is 0.286. The average molecular weight is 428 g/mol. The van der Waals surface area contributed by atoms with E-state index in [1.165, 1.54) is 23.3 Å². The lowest BCUT2D eigenvalue weighted by Crippen LogP contribution is -2.37. The van der Waals surface area contributed by atoms with E-state index in [-0.39, 0.29) is 31.5 Å². The van der Waals surface area contributed by atoms with Gasteiger partial charge < -0.3 is 29.6 Å². The number of carbonyl (C=O) groups is 2. The van der Waals surface area contributed by atoms with Gasteiger partial charge in [0, 0.05) is 18.8 Å². The summed E-state index contributed by atoms with van der Waals surface area (Å²) in [5.41, 5.74) is 0.876. The van der Waals surface area contributed by atoms with Crippen LogP contribution in [0.2, 0.25) is 0 Å². The van der Waals surface area contributed by atoms with Gasteiger partial charge in [0.15, 0.2) is 0 Å². The Hall–Kier alpha value is -3.79. The van der Waals surface area contributed by atoms with Crippen LogP contribution in [-0.4, -0.2) is 53.1 Å². The number of carbonyl (C=O) groups excluding carboxylic acids is 2. The second-order valence-electron chi connectivity index (χ2n) is 6.72. The molecule has 3 aromatic rings. The minimum atomic E-state index is -0.888. The van der Waals surface area contributed by atoms with E-state index in [4.69, 9.17) is 13.9 Å². The zero-order valence-electron chi connectivity index (χ0n) is 17.2. The number of amides is 2. The largest absolute Gasteiger partial charge is 0.497 e. The molecule has 0 saturated carbocycles. The van der Waals surface area contributed by atoms with Crippen LogP contribution in [0, 0.1) is 6.92 Å². The zero-order chi connectivity index (χ0) is 22.2. The van der Waals surface area contributed by atoms with Crippen LogP contribution in [0.1, 0.15) is 16.1 Å². The molecule has 0 aliphatic heterocycles. The summed E-state index contributed by atoms with van der Waals surface area (Å²) in [6.07, 6.45) is 3.53. The average Bonchev–Trinajstić information content (AvgIpc) is 3.39. The molecule has 1 aromatic carbocycles. The minimum Gasteiger partial charge on any atom is -0.497 e. The van der Waals surface area contributed by atoms with Crippen molar-refractivity contribution in [1.82, 2.24) is 15.1 Å². The normalized spacial score (nSPS) is 11.6. The summed E-state index contributed by atoms with van der Waals surface area (Å²) in [4.78, 5) is 24.3. The molecule has 10 nitrogen and oxygen atoms in total. The Morgan fingerprint density at radius 3 is 2.84 bits per heavy atom. The van der Waals surface area contributed by atoms with Gasteiger partial charge in [0.05, 0.1) is 30.8 Å². The molecule has 164 valence electrons. The number of aliphatic hydroxyl groups excluding tert-OH is 1. The highest BCUT2D eigenvalue weighted by atomic mass is 16.5. The van der Waals surface area contributed by atoms with Crippen molar-refractivity contribution in [2.75, 3.05) is 25.6 Å². The second-order valence-corrected chi connectivity index (χ2v) is 6.72. The Labute approximate surface area is 178 Å². The van der Waals surface area contributed by atoms with Gasteiger partial charge in [-0.3, -0.25) is 14.3 Å². The van der Waals surface area contributed by atoms with Gasteiger partial charge in [-0.2, -0.15) is 5.10 Å². The lowest BCUT2D eigenvalue weighted by molar-refractivity contribution is -0.122.